The Morgan fingerprint density at radius 1 is 0.882 bits per heavy atom. The van der Waals surface area contributed by atoms with Gasteiger partial charge in [0.2, 0.25) is 0 Å². The van der Waals surface area contributed by atoms with Crippen LogP contribution in [-0.2, 0) is 0 Å². The fourth-order valence-corrected chi connectivity index (χ4v) is 2.33. The van der Waals surface area contributed by atoms with Crippen LogP contribution in [0.5, 0.6) is 0 Å². The number of benzene rings is 2. The lowest BCUT2D eigenvalue weighted by Crippen LogP contribution is -1.94. The van der Waals surface area contributed by atoms with E-state index in [0.29, 0.717) is 4.47 Å². The molecule has 2 aromatic rings. The first-order valence-electron chi connectivity index (χ1n) is 4.92. The summed E-state index contributed by atoms with van der Waals surface area (Å²) in [5, 5.41) is 0. The minimum atomic E-state index is -0.311. The number of halogens is 4. The first-order chi connectivity index (χ1) is 8.08. The summed E-state index contributed by atoms with van der Waals surface area (Å²) in [7, 11) is 0. The van der Waals surface area contributed by atoms with Crippen LogP contribution >= 0.6 is 31.9 Å². The third-order valence-electron chi connectivity index (χ3n) is 2.40. The first-order valence-corrected chi connectivity index (χ1v) is 6.63. The SMILES string of the molecule is Fc1ccc(C(Br)c2ccc(Br)c(F)c2)cc1. The summed E-state index contributed by atoms with van der Waals surface area (Å²) in [6.07, 6.45) is 0. The summed E-state index contributed by atoms with van der Waals surface area (Å²) in [5.41, 5.74) is 1.67. The number of hydrogen-bond donors (Lipinski definition) is 0. The molecular weight excluding hydrogens is 354 g/mol. The molecule has 1 unspecified atom stereocenters. The van der Waals surface area contributed by atoms with Crippen LogP contribution in [0.15, 0.2) is 46.9 Å². The Morgan fingerprint density at radius 3 is 2.06 bits per heavy atom. The Morgan fingerprint density at radius 2 is 1.47 bits per heavy atom. The fourth-order valence-electron chi connectivity index (χ4n) is 1.49. The first kappa shape index (κ1) is 12.7. The Balaban J connectivity index is 2.33. The van der Waals surface area contributed by atoms with E-state index in [2.05, 4.69) is 31.9 Å². The number of rotatable bonds is 2. The highest BCUT2D eigenvalue weighted by molar-refractivity contribution is 9.10. The van der Waals surface area contributed by atoms with E-state index >= 15 is 0 Å². The largest absolute Gasteiger partial charge is 0.207 e. The van der Waals surface area contributed by atoms with Crippen LogP contribution in [0.3, 0.4) is 0 Å². The van der Waals surface area contributed by atoms with E-state index in [0.717, 1.165) is 11.1 Å². The molecule has 2 rings (SSSR count). The molecule has 0 radical (unpaired) electrons. The summed E-state index contributed by atoms with van der Waals surface area (Å²) in [6, 6.07) is 11.0. The standard InChI is InChI=1S/C13H8Br2F2/c14-11-6-3-9(7-12(11)17)13(15)8-1-4-10(16)5-2-8/h1-7,13H. The van der Waals surface area contributed by atoms with E-state index in [1.807, 2.05) is 6.07 Å². The van der Waals surface area contributed by atoms with E-state index in [9.17, 15) is 8.78 Å². The van der Waals surface area contributed by atoms with Gasteiger partial charge in [0.1, 0.15) is 11.6 Å². The second-order valence-corrected chi connectivity index (χ2v) is 5.36. The topological polar surface area (TPSA) is 0 Å². The van der Waals surface area contributed by atoms with E-state index in [1.54, 1.807) is 18.2 Å². The zero-order chi connectivity index (χ0) is 12.4. The van der Waals surface area contributed by atoms with Crippen LogP contribution in [0, 0.1) is 11.6 Å². The van der Waals surface area contributed by atoms with Gasteiger partial charge in [-0.15, -0.1) is 0 Å². The molecule has 0 N–H and O–H groups in total. The average molecular weight is 362 g/mol. The fraction of sp³-hybridized carbons (Fsp3) is 0.0769. The Hall–Kier alpha value is -0.740. The normalized spacial score (nSPS) is 12.5. The van der Waals surface area contributed by atoms with Crippen molar-refractivity contribution >= 4 is 31.9 Å². The van der Waals surface area contributed by atoms with Crippen LogP contribution in [-0.4, -0.2) is 0 Å². The third kappa shape index (κ3) is 2.93. The van der Waals surface area contributed by atoms with Gasteiger partial charge in [0.25, 0.3) is 0 Å². The maximum absolute atomic E-state index is 13.4. The molecule has 0 bridgehead atoms. The highest BCUT2D eigenvalue weighted by Crippen LogP contribution is 2.32. The van der Waals surface area contributed by atoms with E-state index < -0.39 is 0 Å². The molecule has 4 heteroatoms. The van der Waals surface area contributed by atoms with Crippen molar-refractivity contribution < 1.29 is 8.78 Å². The average Bonchev–Trinajstić information content (AvgIpc) is 2.33. The van der Waals surface area contributed by atoms with Crippen molar-refractivity contribution in [1.82, 2.24) is 0 Å². The molecule has 2 aromatic carbocycles. The lowest BCUT2D eigenvalue weighted by Gasteiger charge is -2.11. The van der Waals surface area contributed by atoms with Gasteiger partial charge < -0.3 is 0 Å². The van der Waals surface area contributed by atoms with Gasteiger partial charge in [-0.2, -0.15) is 0 Å². The van der Waals surface area contributed by atoms with Gasteiger partial charge in [0, 0.05) is 0 Å². The molecule has 0 aromatic heterocycles. The van der Waals surface area contributed by atoms with Gasteiger partial charge in [-0.3, -0.25) is 0 Å². The van der Waals surface area contributed by atoms with Gasteiger partial charge >= 0.3 is 0 Å². The smallest absolute Gasteiger partial charge is 0.137 e. The number of hydrogen-bond acceptors (Lipinski definition) is 0. The van der Waals surface area contributed by atoms with E-state index in [1.165, 1.54) is 18.2 Å². The van der Waals surface area contributed by atoms with Crippen LogP contribution in [0.2, 0.25) is 0 Å². The van der Waals surface area contributed by atoms with Gasteiger partial charge in [-0.05, 0) is 51.3 Å². The molecule has 0 aliphatic heterocycles. The molecule has 0 amide bonds. The predicted molar refractivity (Wildman–Crippen MR) is 71.3 cm³/mol. The second kappa shape index (κ2) is 5.27. The van der Waals surface area contributed by atoms with Gasteiger partial charge in [-0.25, -0.2) is 8.78 Å². The van der Waals surface area contributed by atoms with Crippen molar-refractivity contribution in [2.45, 2.75) is 4.83 Å². The lowest BCUT2D eigenvalue weighted by atomic mass is 10.0. The molecule has 88 valence electrons. The van der Waals surface area contributed by atoms with Gasteiger partial charge in [0.15, 0.2) is 0 Å². The monoisotopic (exact) mass is 360 g/mol. The van der Waals surface area contributed by atoms with E-state index in [4.69, 9.17) is 0 Å². The highest BCUT2D eigenvalue weighted by Gasteiger charge is 2.12. The summed E-state index contributed by atoms with van der Waals surface area (Å²) >= 11 is 6.58. The van der Waals surface area contributed by atoms with Crippen molar-refractivity contribution in [3.8, 4) is 0 Å². The summed E-state index contributed by atoms with van der Waals surface area (Å²) in [5.74, 6) is -0.593. The van der Waals surface area contributed by atoms with Crippen molar-refractivity contribution in [2.24, 2.45) is 0 Å². The lowest BCUT2D eigenvalue weighted by molar-refractivity contribution is 0.619. The molecule has 0 heterocycles. The van der Waals surface area contributed by atoms with Gasteiger partial charge in [0.05, 0.1) is 9.30 Å². The van der Waals surface area contributed by atoms with Crippen LogP contribution in [0.25, 0.3) is 0 Å². The van der Waals surface area contributed by atoms with Crippen LogP contribution in [0.1, 0.15) is 16.0 Å². The quantitative estimate of drug-likeness (QED) is 0.644. The molecular formula is C13H8Br2F2. The van der Waals surface area contributed by atoms with E-state index in [-0.39, 0.29) is 16.5 Å². The molecule has 0 spiro atoms. The maximum Gasteiger partial charge on any atom is 0.137 e. The molecule has 0 fully saturated rings. The van der Waals surface area contributed by atoms with Crippen molar-refractivity contribution in [3.05, 3.63) is 69.7 Å². The van der Waals surface area contributed by atoms with Crippen molar-refractivity contribution in [3.63, 3.8) is 0 Å². The zero-order valence-electron chi connectivity index (χ0n) is 8.63. The van der Waals surface area contributed by atoms with Crippen molar-refractivity contribution in [2.75, 3.05) is 0 Å². The Labute approximate surface area is 115 Å². The summed E-state index contributed by atoms with van der Waals surface area (Å²) < 4.78 is 26.6. The molecule has 0 saturated carbocycles. The predicted octanol–water partition coefficient (Wildman–Crippen LogP) is 5.21. The summed E-state index contributed by atoms with van der Waals surface area (Å²) in [6.45, 7) is 0. The molecule has 17 heavy (non-hydrogen) atoms. The van der Waals surface area contributed by atoms with Crippen LogP contribution < -0.4 is 0 Å². The zero-order valence-corrected chi connectivity index (χ0v) is 11.8. The van der Waals surface area contributed by atoms with Crippen molar-refractivity contribution in [1.29, 1.82) is 0 Å². The maximum atomic E-state index is 13.4. The minimum absolute atomic E-state index is 0.148. The van der Waals surface area contributed by atoms with Crippen LogP contribution in [0.4, 0.5) is 8.78 Å². The number of alkyl halides is 1. The van der Waals surface area contributed by atoms with Gasteiger partial charge in [-0.1, -0.05) is 34.1 Å². The molecule has 0 aliphatic carbocycles. The third-order valence-corrected chi connectivity index (χ3v) is 4.10. The minimum Gasteiger partial charge on any atom is -0.207 e. The Kier molecular flexibility index (Phi) is 3.94. The summed E-state index contributed by atoms with van der Waals surface area (Å²) in [4.78, 5) is -0.148. The second-order valence-electron chi connectivity index (χ2n) is 3.59. The molecule has 0 aliphatic rings. The molecule has 1 atom stereocenters. The molecule has 0 nitrogen and oxygen atoms in total. The Bertz CT molecular complexity index is 523. The highest BCUT2D eigenvalue weighted by atomic mass is 79.9. The molecule has 0 saturated heterocycles.